The Kier molecular flexibility index (Phi) is 6.12. The van der Waals surface area contributed by atoms with Gasteiger partial charge >= 0.3 is 0 Å². The molecule has 180 valence electrons. The lowest BCUT2D eigenvalue weighted by molar-refractivity contribution is -0.117. The molecule has 1 N–H and O–H groups in total. The summed E-state index contributed by atoms with van der Waals surface area (Å²) >= 11 is 1.26. The molecule has 0 saturated carbocycles. The predicted octanol–water partition coefficient (Wildman–Crippen LogP) is 5.36. The number of nitrogens with zero attached hydrogens (tertiary/aromatic N) is 4. The highest BCUT2D eigenvalue weighted by Gasteiger charge is 2.45. The van der Waals surface area contributed by atoms with Crippen molar-refractivity contribution in [1.29, 1.82) is 0 Å². The van der Waals surface area contributed by atoms with Gasteiger partial charge < -0.3 is 10.0 Å². The molecule has 4 aromatic rings. The molecule has 2 aromatic carbocycles. The number of thiazole rings is 1. The minimum Gasteiger partial charge on any atom is -0.503 e. The largest absolute Gasteiger partial charge is 0.503 e. The highest BCUT2D eigenvalue weighted by molar-refractivity contribution is 7.17. The second kappa shape index (κ2) is 9.39. The summed E-state index contributed by atoms with van der Waals surface area (Å²) in [5.41, 5.74) is 3.71. The highest BCUT2D eigenvalue weighted by Crippen LogP contribution is 2.43. The van der Waals surface area contributed by atoms with Gasteiger partial charge in [0.25, 0.3) is 5.91 Å². The van der Waals surface area contributed by atoms with Crippen LogP contribution >= 0.6 is 11.3 Å². The standard InChI is InChI=1S/C28H24N4O3S/c1-17-26(36-27(30-17)19-7-5-4-6-8-19)24(33)22-23(18-13-15-29-16-14-18)32(28(35)25(22)34)21-11-9-20(10-12-21)31(2)3/h4-16,23,34H,1-3H3. The van der Waals surface area contributed by atoms with Gasteiger partial charge in [0.05, 0.1) is 22.2 Å². The number of aliphatic hydroxyl groups excluding tert-OH is 1. The Morgan fingerprint density at radius 3 is 2.31 bits per heavy atom. The van der Waals surface area contributed by atoms with Gasteiger partial charge in [-0.3, -0.25) is 19.5 Å². The molecule has 0 spiro atoms. The summed E-state index contributed by atoms with van der Waals surface area (Å²) in [5.74, 6) is -1.58. The Morgan fingerprint density at radius 1 is 1.00 bits per heavy atom. The molecule has 36 heavy (non-hydrogen) atoms. The molecular formula is C28H24N4O3S. The molecule has 7 nitrogen and oxygen atoms in total. The number of anilines is 2. The summed E-state index contributed by atoms with van der Waals surface area (Å²) in [4.78, 5) is 39.8. The van der Waals surface area contributed by atoms with Gasteiger partial charge in [0.15, 0.2) is 5.76 Å². The van der Waals surface area contributed by atoms with Crippen LogP contribution in [0.3, 0.4) is 0 Å². The van der Waals surface area contributed by atoms with E-state index in [1.807, 2.05) is 73.6 Å². The Hall–Kier alpha value is -4.30. The van der Waals surface area contributed by atoms with E-state index < -0.39 is 23.5 Å². The van der Waals surface area contributed by atoms with Crippen LogP contribution < -0.4 is 9.80 Å². The van der Waals surface area contributed by atoms with Crippen molar-refractivity contribution in [3.63, 3.8) is 0 Å². The molecule has 1 amide bonds. The van der Waals surface area contributed by atoms with Crippen LogP contribution in [0.15, 0.2) is 90.5 Å². The number of aryl methyl sites for hydroxylation is 1. The summed E-state index contributed by atoms with van der Waals surface area (Å²) in [5, 5.41) is 11.7. The van der Waals surface area contributed by atoms with Gasteiger partial charge in [0.2, 0.25) is 5.78 Å². The Labute approximate surface area is 213 Å². The van der Waals surface area contributed by atoms with E-state index in [0.717, 1.165) is 11.3 Å². The molecular weight excluding hydrogens is 472 g/mol. The fraction of sp³-hybridized carbons (Fsp3) is 0.143. The minimum atomic E-state index is -0.806. The van der Waals surface area contributed by atoms with Crippen molar-refractivity contribution in [2.75, 3.05) is 23.9 Å². The number of amides is 1. The average Bonchev–Trinajstić information content (AvgIpc) is 3.42. The lowest BCUT2D eigenvalue weighted by Crippen LogP contribution is -2.31. The van der Waals surface area contributed by atoms with Crippen LogP contribution in [0.4, 0.5) is 11.4 Å². The molecule has 8 heteroatoms. The summed E-state index contributed by atoms with van der Waals surface area (Å²) < 4.78 is 0. The van der Waals surface area contributed by atoms with Crippen LogP contribution in [0.1, 0.15) is 27.0 Å². The van der Waals surface area contributed by atoms with Crippen LogP contribution in [0.5, 0.6) is 0 Å². The predicted molar refractivity (Wildman–Crippen MR) is 142 cm³/mol. The van der Waals surface area contributed by atoms with Crippen LogP contribution in [0.2, 0.25) is 0 Å². The second-order valence-corrected chi connectivity index (χ2v) is 9.66. The van der Waals surface area contributed by atoms with Gasteiger partial charge in [-0.2, -0.15) is 0 Å². The maximum atomic E-state index is 13.9. The molecule has 1 aliphatic heterocycles. The molecule has 2 aromatic heterocycles. The minimum absolute atomic E-state index is 0.0363. The second-order valence-electron chi connectivity index (χ2n) is 8.66. The van der Waals surface area contributed by atoms with E-state index in [2.05, 4.69) is 9.97 Å². The first-order valence-corrected chi connectivity index (χ1v) is 12.2. The molecule has 0 radical (unpaired) electrons. The zero-order chi connectivity index (χ0) is 25.4. The fourth-order valence-corrected chi connectivity index (χ4v) is 5.34. The fourth-order valence-electron chi connectivity index (χ4n) is 4.31. The molecule has 1 unspecified atom stereocenters. The van der Waals surface area contributed by atoms with E-state index in [-0.39, 0.29) is 5.57 Å². The molecule has 0 fully saturated rings. The van der Waals surface area contributed by atoms with E-state index in [4.69, 9.17) is 0 Å². The third kappa shape index (κ3) is 4.05. The Bertz CT molecular complexity index is 1460. The van der Waals surface area contributed by atoms with E-state index >= 15 is 0 Å². The van der Waals surface area contributed by atoms with Gasteiger partial charge in [-0.05, 0) is 48.9 Å². The third-order valence-corrected chi connectivity index (χ3v) is 7.35. The van der Waals surface area contributed by atoms with E-state index in [1.54, 1.807) is 31.5 Å². The van der Waals surface area contributed by atoms with E-state index in [9.17, 15) is 14.7 Å². The number of ketones is 1. The van der Waals surface area contributed by atoms with Crippen molar-refractivity contribution >= 4 is 34.4 Å². The van der Waals surface area contributed by atoms with Crippen molar-refractivity contribution < 1.29 is 14.7 Å². The maximum Gasteiger partial charge on any atom is 0.294 e. The molecule has 0 bridgehead atoms. The van der Waals surface area contributed by atoms with Crippen molar-refractivity contribution in [1.82, 2.24) is 9.97 Å². The number of carbonyl (C=O) groups excluding carboxylic acids is 2. The number of pyridine rings is 1. The van der Waals surface area contributed by atoms with Crippen LogP contribution in [-0.2, 0) is 4.79 Å². The van der Waals surface area contributed by atoms with Gasteiger partial charge in [-0.1, -0.05) is 30.3 Å². The SMILES string of the molecule is Cc1nc(-c2ccccc2)sc1C(=O)C1=C(O)C(=O)N(c2ccc(N(C)C)cc2)C1c1ccncc1. The number of benzene rings is 2. The topological polar surface area (TPSA) is 86.6 Å². The quantitative estimate of drug-likeness (QED) is 0.362. The van der Waals surface area contributed by atoms with Gasteiger partial charge in [-0.25, -0.2) is 4.98 Å². The molecule has 0 aliphatic carbocycles. The molecule has 5 rings (SSSR count). The monoisotopic (exact) mass is 496 g/mol. The number of carbonyl (C=O) groups is 2. The summed E-state index contributed by atoms with van der Waals surface area (Å²) in [7, 11) is 3.86. The number of aliphatic hydroxyl groups is 1. The van der Waals surface area contributed by atoms with Crippen LogP contribution in [0, 0.1) is 6.92 Å². The lowest BCUT2D eigenvalue weighted by Gasteiger charge is -2.27. The normalized spacial score (nSPS) is 15.5. The van der Waals surface area contributed by atoms with Crippen molar-refractivity contribution in [2.24, 2.45) is 0 Å². The van der Waals surface area contributed by atoms with Crippen molar-refractivity contribution in [2.45, 2.75) is 13.0 Å². The van der Waals surface area contributed by atoms with E-state index in [0.29, 0.717) is 26.8 Å². The zero-order valence-corrected chi connectivity index (χ0v) is 20.9. The highest BCUT2D eigenvalue weighted by atomic mass is 32.1. The average molecular weight is 497 g/mol. The first kappa shape index (κ1) is 23.4. The number of hydrogen-bond donors (Lipinski definition) is 1. The van der Waals surface area contributed by atoms with Gasteiger partial charge in [0.1, 0.15) is 5.01 Å². The van der Waals surface area contributed by atoms with Crippen LogP contribution in [0.25, 0.3) is 10.6 Å². The molecule has 0 saturated heterocycles. The zero-order valence-electron chi connectivity index (χ0n) is 20.0. The number of hydrogen-bond acceptors (Lipinski definition) is 7. The Morgan fingerprint density at radius 2 is 1.67 bits per heavy atom. The van der Waals surface area contributed by atoms with Crippen molar-refractivity contribution in [3.8, 4) is 10.6 Å². The molecule has 1 aliphatic rings. The van der Waals surface area contributed by atoms with Gasteiger partial charge in [-0.15, -0.1) is 11.3 Å². The lowest BCUT2D eigenvalue weighted by atomic mass is 9.95. The summed E-state index contributed by atoms with van der Waals surface area (Å²) in [6, 6.07) is 19.7. The maximum absolute atomic E-state index is 13.9. The third-order valence-electron chi connectivity index (χ3n) is 6.14. The first-order chi connectivity index (χ1) is 17.4. The smallest absolute Gasteiger partial charge is 0.294 e. The van der Waals surface area contributed by atoms with Crippen molar-refractivity contribution in [3.05, 3.63) is 107 Å². The first-order valence-electron chi connectivity index (χ1n) is 11.4. The van der Waals surface area contributed by atoms with Gasteiger partial charge in [0, 0.05) is 43.4 Å². The summed E-state index contributed by atoms with van der Waals surface area (Å²) in [6.45, 7) is 1.77. The van der Waals surface area contributed by atoms with E-state index in [1.165, 1.54) is 16.2 Å². The number of aromatic nitrogens is 2. The number of Topliss-reactive ketones (excluding diaryl/α,β-unsaturated/α-hetero) is 1. The Balaban J connectivity index is 1.60. The van der Waals surface area contributed by atoms with Crippen LogP contribution in [-0.4, -0.2) is 40.9 Å². The summed E-state index contributed by atoms with van der Waals surface area (Å²) in [6.07, 6.45) is 3.21. The number of rotatable bonds is 6. The molecule has 1 atom stereocenters. The molecule has 3 heterocycles.